The summed E-state index contributed by atoms with van der Waals surface area (Å²) in [5, 5.41) is 0. The first-order chi connectivity index (χ1) is 8.33. The van der Waals surface area contributed by atoms with E-state index in [0.29, 0.717) is 18.6 Å². The maximum atomic E-state index is 12.0. The second kappa shape index (κ2) is 4.17. The molecule has 0 N–H and O–H groups in total. The predicted molar refractivity (Wildman–Crippen MR) is 68.1 cm³/mol. The molecule has 2 aromatic rings. The largest absolute Gasteiger partial charge is 0.299 e. The van der Waals surface area contributed by atoms with Crippen LogP contribution in [0.3, 0.4) is 0 Å². The zero-order valence-electron chi connectivity index (χ0n) is 9.65. The van der Waals surface area contributed by atoms with Crippen LogP contribution in [0.4, 0.5) is 0 Å². The summed E-state index contributed by atoms with van der Waals surface area (Å²) in [5.41, 5.74) is 4.94. The molecule has 0 amide bonds. The molecule has 0 radical (unpaired) electrons. The number of benzene rings is 2. The lowest BCUT2D eigenvalue weighted by Crippen LogP contribution is -2.13. The summed E-state index contributed by atoms with van der Waals surface area (Å²) in [6, 6.07) is 16.5. The van der Waals surface area contributed by atoms with Gasteiger partial charge in [0.15, 0.2) is 0 Å². The third-order valence-electron chi connectivity index (χ3n) is 3.39. The third-order valence-corrected chi connectivity index (χ3v) is 3.39. The van der Waals surface area contributed by atoms with Gasteiger partial charge in [-0.15, -0.1) is 0 Å². The van der Waals surface area contributed by atoms with Crippen LogP contribution in [0.15, 0.2) is 48.5 Å². The Labute approximate surface area is 101 Å². The molecule has 0 atom stereocenters. The fourth-order valence-corrected chi connectivity index (χ4v) is 2.50. The van der Waals surface area contributed by atoms with Crippen LogP contribution in [0, 0.1) is 0 Å². The number of hydrogen-bond acceptors (Lipinski definition) is 1. The van der Waals surface area contributed by atoms with Crippen molar-refractivity contribution in [1.29, 1.82) is 0 Å². The lowest BCUT2D eigenvalue weighted by Gasteiger charge is -2.16. The van der Waals surface area contributed by atoms with Crippen LogP contribution in [-0.4, -0.2) is 5.78 Å². The maximum absolute atomic E-state index is 12.0. The highest BCUT2D eigenvalue weighted by molar-refractivity contribution is 5.84. The lowest BCUT2D eigenvalue weighted by atomic mass is 9.88. The molecule has 1 heteroatoms. The van der Waals surface area contributed by atoms with Crippen molar-refractivity contribution in [1.82, 2.24) is 0 Å². The average Bonchev–Trinajstić information content (AvgIpc) is 2.31. The smallest absolute Gasteiger partial charge is 0.141 e. The zero-order chi connectivity index (χ0) is 11.7. The highest BCUT2D eigenvalue weighted by Gasteiger charge is 2.15. The van der Waals surface area contributed by atoms with Crippen molar-refractivity contribution in [3.63, 3.8) is 0 Å². The molecular formula is C16H14O. The van der Waals surface area contributed by atoms with Gasteiger partial charge in [0, 0.05) is 12.8 Å². The van der Waals surface area contributed by atoms with E-state index in [0.717, 1.165) is 6.42 Å². The molecule has 0 spiro atoms. The molecule has 0 saturated carbocycles. The normalized spacial score (nSPS) is 14.5. The molecule has 1 nitrogen and oxygen atoms in total. The third kappa shape index (κ3) is 2.01. The minimum Gasteiger partial charge on any atom is -0.299 e. The Balaban J connectivity index is 2.12. The fraction of sp³-hybridized carbons (Fsp3) is 0.188. The number of carbonyl (C=O) groups excluding carboxylic acids is 1. The number of carbonyl (C=O) groups is 1. The van der Waals surface area contributed by atoms with Gasteiger partial charge in [0.25, 0.3) is 0 Å². The Kier molecular flexibility index (Phi) is 2.52. The van der Waals surface area contributed by atoms with E-state index in [1.165, 1.54) is 22.3 Å². The van der Waals surface area contributed by atoms with Gasteiger partial charge in [-0.25, -0.2) is 0 Å². The standard InChI is InChI=1S/C16H14O/c17-16-10-14-7-3-1-5-12(14)9-13-6-2-4-8-15(13)11-16/h1-8H,9-11H2. The van der Waals surface area contributed by atoms with Crippen molar-refractivity contribution in [2.24, 2.45) is 0 Å². The number of fused-ring (bicyclic) bond motifs is 2. The van der Waals surface area contributed by atoms with Gasteiger partial charge >= 0.3 is 0 Å². The molecule has 0 aromatic heterocycles. The molecule has 0 saturated heterocycles. The number of rotatable bonds is 0. The molecule has 84 valence electrons. The first-order valence-electron chi connectivity index (χ1n) is 5.98. The average molecular weight is 222 g/mol. The monoisotopic (exact) mass is 222 g/mol. The van der Waals surface area contributed by atoms with Crippen LogP contribution < -0.4 is 0 Å². The molecule has 0 aliphatic heterocycles. The topological polar surface area (TPSA) is 17.1 Å². The van der Waals surface area contributed by atoms with Gasteiger partial charge in [-0.3, -0.25) is 4.79 Å². The van der Waals surface area contributed by atoms with E-state index < -0.39 is 0 Å². The summed E-state index contributed by atoms with van der Waals surface area (Å²) in [7, 11) is 0. The van der Waals surface area contributed by atoms with Gasteiger partial charge in [0.2, 0.25) is 0 Å². The van der Waals surface area contributed by atoms with Crippen molar-refractivity contribution >= 4 is 5.78 Å². The van der Waals surface area contributed by atoms with Crippen molar-refractivity contribution < 1.29 is 4.79 Å². The van der Waals surface area contributed by atoms with Gasteiger partial charge < -0.3 is 0 Å². The Morgan fingerprint density at radius 1 is 0.588 bits per heavy atom. The molecule has 3 rings (SSSR count). The highest BCUT2D eigenvalue weighted by atomic mass is 16.1. The van der Waals surface area contributed by atoms with Crippen molar-refractivity contribution in [2.45, 2.75) is 19.3 Å². The highest BCUT2D eigenvalue weighted by Crippen LogP contribution is 2.22. The van der Waals surface area contributed by atoms with Crippen LogP contribution in [0.1, 0.15) is 22.3 Å². The SMILES string of the molecule is O=C1Cc2ccccc2Cc2ccccc2C1. The van der Waals surface area contributed by atoms with Gasteiger partial charge in [-0.1, -0.05) is 48.5 Å². The summed E-state index contributed by atoms with van der Waals surface area (Å²) >= 11 is 0. The molecule has 2 aromatic carbocycles. The molecule has 1 aliphatic carbocycles. The second-order valence-corrected chi connectivity index (χ2v) is 4.61. The van der Waals surface area contributed by atoms with Gasteiger partial charge in [-0.2, -0.15) is 0 Å². The molecule has 0 unspecified atom stereocenters. The van der Waals surface area contributed by atoms with Crippen LogP contribution >= 0.6 is 0 Å². The van der Waals surface area contributed by atoms with Crippen LogP contribution in [-0.2, 0) is 24.1 Å². The van der Waals surface area contributed by atoms with Crippen molar-refractivity contribution in [3.05, 3.63) is 70.8 Å². The summed E-state index contributed by atoms with van der Waals surface area (Å²) < 4.78 is 0. The second-order valence-electron chi connectivity index (χ2n) is 4.61. The van der Waals surface area contributed by atoms with Gasteiger partial charge in [0.1, 0.15) is 5.78 Å². The Bertz CT molecular complexity index is 520. The van der Waals surface area contributed by atoms with Gasteiger partial charge in [0.05, 0.1) is 0 Å². The van der Waals surface area contributed by atoms with E-state index in [1.807, 2.05) is 24.3 Å². The van der Waals surface area contributed by atoms with E-state index >= 15 is 0 Å². The van der Waals surface area contributed by atoms with E-state index in [1.54, 1.807) is 0 Å². The maximum Gasteiger partial charge on any atom is 0.141 e. The van der Waals surface area contributed by atoms with Crippen molar-refractivity contribution in [3.8, 4) is 0 Å². The molecule has 0 heterocycles. The quantitative estimate of drug-likeness (QED) is 0.669. The minimum atomic E-state index is 0.310. The van der Waals surface area contributed by atoms with Crippen molar-refractivity contribution in [2.75, 3.05) is 0 Å². The first-order valence-corrected chi connectivity index (χ1v) is 5.98. The van der Waals surface area contributed by atoms with Gasteiger partial charge in [-0.05, 0) is 28.7 Å². The molecular weight excluding hydrogens is 208 g/mol. The molecule has 0 fully saturated rings. The Morgan fingerprint density at radius 2 is 0.941 bits per heavy atom. The Morgan fingerprint density at radius 3 is 1.35 bits per heavy atom. The molecule has 0 bridgehead atoms. The van der Waals surface area contributed by atoms with E-state index in [9.17, 15) is 4.79 Å². The summed E-state index contributed by atoms with van der Waals surface area (Å²) in [6.45, 7) is 0. The van der Waals surface area contributed by atoms with Crippen LogP contribution in [0.2, 0.25) is 0 Å². The zero-order valence-corrected chi connectivity index (χ0v) is 9.65. The lowest BCUT2D eigenvalue weighted by molar-refractivity contribution is -0.117. The first kappa shape index (κ1) is 10.3. The Hall–Kier alpha value is -1.89. The molecule has 1 aliphatic rings. The number of hydrogen-bond donors (Lipinski definition) is 0. The van der Waals surface area contributed by atoms with E-state index in [-0.39, 0.29) is 0 Å². The summed E-state index contributed by atoms with van der Waals surface area (Å²) in [4.78, 5) is 12.0. The van der Waals surface area contributed by atoms with E-state index in [4.69, 9.17) is 0 Å². The predicted octanol–water partition coefficient (Wildman–Crippen LogP) is 2.95. The summed E-state index contributed by atoms with van der Waals surface area (Å²) in [5.74, 6) is 0.310. The number of Topliss-reactive ketones (excluding diaryl/α,β-unsaturated/α-hetero) is 1. The van der Waals surface area contributed by atoms with E-state index in [2.05, 4.69) is 24.3 Å². The van der Waals surface area contributed by atoms with Crippen LogP contribution in [0.25, 0.3) is 0 Å². The van der Waals surface area contributed by atoms with Crippen LogP contribution in [0.5, 0.6) is 0 Å². The summed E-state index contributed by atoms with van der Waals surface area (Å²) in [6.07, 6.45) is 2.09. The fourth-order valence-electron chi connectivity index (χ4n) is 2.50. The molecule has 17 heavy (non-hydrogen) atoms. The minimum absolute atomic E-state index is 0.310. The number of ketones is 1.